The molecule has 2 heterocycles. The van der Waals surface area contributed by atoms with Gasteiger partial charge in [-0.3, -0.25) is 4.79 Å². The van der Waals surface area contributed by atoms with Gasteiger partial charge in [-0.25, -0.2) is 9.18 Å². The fraction of sp³-hybridized carbons (Fsp3) is 0.429. The highest BCUT2D eigenvalue weighted by Gasteiger charge is 2.52. The third-order valence-electron chi connectivity index (χ3n) is 6.87. The highest BCUT2D eigenvalue weighted by Crippen LogP contribution is 2.45. The number of ketones is 1. The van der Waals surface area contributed by atoms with Crippen LogP contribution >= 0.6 is 23.2 Å². The van der Waals surface area contributed by atoms with Crippen LogP contribution in [0.5, 0.6) is 0 Å². The molecule has 0 aromatic heterocycles. The molecule has 1 amide bonds. The van der Waals surface area contributed by atoms with Crippen LogP contribution < -0.4 is 0 Å². The van der Waals surface area contributed by atoms with Crippen molar-refractivity contribution < 1.29 is 36.6 Å². The van der Waals surface area contributed by atoms with Gasteiger partial charge >= 0.3 is 12.3 Å². The van der Waals surface area contributed by atoms with Gasteiger partial charge < -0.3 is 14.4 Å². The van der Waals surface area contributed by atoms with E-state index in [-0.39, 0.29) is 30.8 Å². The van der Waals surface area contributed by atoms with Crippen LogP contribution in [0.15, 0.2) is 43.0 Å². The Morgan fingerprint density at radius 2 is 1.77 bits per heavy atom. The standard InChI is InChI=1S/C28H27Cl2F4NO4/c1-5-19(28(32,33)34)18(16-9-21(29)24(31)22(30)10-16)11-23(36)15-6-7-20-17(8-15)12-38-27(20)13-35(14-27)25(37)39-26(2,3)4/h5-10,18-19H,1,11-14H2,2-4H3. The maximum Gasteiger partial charge on any atom is 0.410 e. The highest BCUT2D eigenvalue weighted by molar-refractivity contribution is 6.35. The second-order valence-electron chi connectivity index (χ2n) is 10.8. The molecule has 2 aliphatic heterocycles. The number of hydrogen-bond donors (Lipinski definition) is 0. The van der Waals surface area contributed by atoms with Crippen LogP contribution in [0.4, 0.5) is 22.4 Å². The van der Waals surface area contributed by atoms with Crippen LogP contribution in [0, 0.1) is 11.7 Å². The number of amides is 1. The van der Waals surface area contributed by atoms with Gasteiger partial charge in [-0.05, 0) is 55.7 Å². The first-order chi connectivity index (χ1) is 18.0. The van der Waals surface area contributed by atoms with Crippen LogP contribution in [0.1, 0.15) is 60.2 Å². The third-order valence-corrected chi connectivity index (χ3v) is 7.42. The summed E-state index contributed by atoms with van der Waals surface area (Å²) in [6, 6.07) is 6.94. The number of carbonyl (C=O) groups excluding carboxylic acids is 2. The number of nitrogens with zero attached hydrogens (tertiary/aromatic N) is 1. The van der Waals surface area contributed by atoms with E-state index in [1.165, 1.54) is 11.0 Å². The number of carbonyl (C=O) groups is 2. The van der Waals surface area contributed by atoms with Gasteiger partial charge in [-0.1, -0.05) is 41.4 Å². The van der Waals surface area contributed by atoms with Crippen molar-refractivity contribution in [1.29, 1.82) is 0 Å². The SMILES string of the molecule is C=CC(C(CC(=O)c1ccc2c(c1)COC21CN(C(=O)OC(C)(C)C)C1)c1cc(Cl)c(F)c(Cl)c1)C(F)(F)F. The fourth-order valence-electron chi connectivity index (χ4n) is 5.00. The van der Waals surface area contributed by atoms with Gasteiger partial charge in [-0.15, -0.1) is 6.58 Å². The first kappa shape index (κ1) is 29.4. The topological polar surface area (TPSA) is 55.8 Å². The van der Waals surface area contributed by atoms with E-state index in [1.54, 1.807) is 32.9 Å². The van der Waals surface area contributed by atoms with E-state index in [0.29, 0.717) is 5.56 Å². The average molecular weight is 588 g/mol. The maximum absolute atomic E-state index is 14.0. The summed E-state index contributed by atoms with van der Waals surface area (Å²) in [6.45, 7) is 9.38. The first-order valence-corrected chi connectivity index (χ1v) is 12.9. The van der Waals surface area contributed by atoms with Gasteiger partial charge in [0.15, 0.2) is 11.6 Å². The van der Waals surface area contributed by atoms with Crippen molar-refractivity contribution in [2.24, 2.45) is 5.92 Å². The zero-order valence-electron chi connectivity index (χ0n) is 21.5. The van der Waals surface area contributed by atoms with Gasteiger partial charge in [0.1, 0.15) is 11.2 Å². The maximum atomic E-state index is 14.0. The smallest absolute Gasteiger partial charge is 0.410 e. The Kier molecular flexibility index (Phi) is 7.84. The van der Waals surface area contributed by atoms with E-state index in [1.807, 2.05) is 0 Å². The quantitative estimate of drug-likeness (QED) is 0.149. The van der Waals surface area contributed by atoms with Crippen LogP contribution in [0.25, 0.3) is 0 Å². The molecular weight excluding hydrogens is 561 g/mol. The minimum atomic E-state index is -4.72. The number of likely N-dealkylation sites (tertiary alicyclic amines) is 1. The molecule has 0 aliphatic carbocycles. The van der Waals surface area contributed by atoms with Gasteiger partial charge in [-0.2, -0.15) is 13.2 Å². The van der Waals surface area contributed by atoms with Crippen molar-refractivity contribution in [2.45, 2.75) is 57.1 Å². The molecule has 2 aromatic rings. The third kappa shape index (κ3) is 5.95. The summed E-state index contributed by atoms with van der Waals surface area (Å²) in [6.07, 6.45) is -5.00. The van der Waals surface area contributed by atoms with Crippen molar-refractivity contribution >= 4 is 35.1 Å². The summed E-state index contributed by atoms with van der Waals surface area (Å²) in [5, 5.41) is -0.887. The molecule has 11 heteroatoms. The summed E-state index contributed by atoms with van der Waals surface area (Å²) in [7, 11) is 0. The van der Waals surface area contributed by atoms with Crippen LogP contribution in [0.3, 0.4) is 0 Å². The molecule has 0 radical (unpaired) electrons. The molecule has 1 spiro atoms. The van der Waals surface area contributed by atoms with Crippen molar-refractivity contribution in [3.8, 4) is 0 Å². The Morgan fingerprint density at radius 1 is 1.15 bits per heavy atom. The highest BCUT2D eigenvalue weighted by atomic mass is 35.5. The minimum absolute atomic E-state index is 0.0258. The van der Waals surface area contributed by atoms with E-state index in [0.717, 1.165) is 23.8 Å². The number of halogens is 6. The molecule has 2 atom stereocenters. The predicted octanol–water partition coefficient (Wildman–Crippen LogP) is 7.83. The monoisotopic (exact) mass is 587 g/mol. The molecule has 2 aromatic carbocycles. The van der Waals surface area contributed by atoms with Crippen molar-refractivity contribution in [3.63, 3.8) is 0 Å². The number of Topliss-reactive ketones (excluding diaryl/α,β-unsaturated/α-hetero) is 1. The molecule has 0 bridgehead atoms. The summed E-state index contributed by atoms with van der Waals surface area (Å²) in [5.74, 6) is -5.05. The lowest BCUT2D eigenvalue weighted by atomic mass is 9.80. The molecule has 4 rings (SSSR count). The Labute approximate surface area is 233 Å². The molecule has 1 fully saturated rings. The molecule has 1 saturated heterocycles. The number of allylic oxidation sites excluding steroid dienone is 1. The first-order valence-electron chi connectivity index (χ1n) is 12.2. The molecule has 0 N–H and O–H groups in total. The lowest BCUT2D eigenvalue weighted by Gasteiger charge is -2.47. The van der Waals surface area contributed by atoms with E-state index < -0.39 is 63.4 Å². The molecule has 5 nitrogen and oxygen atoms in total. The zero-order valence-corrected chi connectivity index (χ0v) is 23.0. The van der Waals surface area contributed by atoms with Crippen molar-refractivity contribution in [1.82, 2.24) is 4.90 Å². The van der Waals surface area contributed by atoms with Gasteiger partial charge in [0.25, 0.3) is 0 Å². The van der Waals surface area contributed by atoms with E-state index in [2.05, 4.69) is 6.58 Å². The van der Waals surface area contributed by atoms with Gasteiger partial charge in [0, 0.05) is 17.9 Å². The Hall–Kier alpha value is -2.62. The number of hydrogen-bond acceptors (Lipinski definition) is 4. The lowest BCUT2D eigenvalue weighted by molar-refractivity contribution is -0.166. The summed E-state index contributed by atoms with van der Waals surface area (Å²) >= 11 is 11.7. The van der Waals surface area contributed by atoms with Crippen LogP contribution in [-0.2, 0) is 21.7 Å². The normalized spacial score (nSPS) is 17.8. The Morgan fingerprint density at radius 3 is 2.31 bits per heavy atom. The molecule has 0 saturated carbocycles. The summed E-state index contributed by atoms with van der Waals surface area (Å²) in [5.41, 5.74) is 0.344. The molecule has 2 unspecified atom stereocenters. The van der Waals surface area contributed by atoms with Crippen molar-refractivity contribution in [2.75, 3.05) is 13.1 Å². The number of benzene rings is 2. The molecular formula is C28H27Cl2F4NO4. The predicted molar refractivity (Wildman–Crippen MR) is 139 cm³/mol. The van der Waals surface area contributed by atoms with E-state index >= 15 is 0 Å². The summed E-state index contributed by atoms with van der Waals surface area (Å²) < 4.78 is 67.1. The molecule has 210 valence electrons. The van der Waals surface area contributed by atoms with E-state index in [4.69, 9.17) is 32.7 Å². The van der Waals surface area contributed by atoms with Crippen molar-refractivity contribution in [3.05, 3.63) is 81.1 Å². The number of rotatable bonds is 6. The number of fused-ring (bicyclic) bond motifs is 2. The number of alkyl halides is 3. The second kappa shape index (κ2) is 10.4. The number of ether oxygens (including phenoxy) is 2. The Balaban J connectivity index is 1.56. The summed E-state index contributed by atoms with van der Waals surface area (Å²) in [4.78, 5) is 27.1. The van der Waals surface area contributed by atoms with Crippen LogP contribution in [0.2, 0.25) is 10.0 Å². The van der Waals surface area contributed by atoms with Crippen LogP contribution in [-0.4, -0.2) is 41.6 Å². The van der Waals surface area contributed by atoms with Gasteiger partial charge in [0.2, 0.25) is 0 Å². The lowest BCUT2D eigenvalue weighted by Crippen LogP contribution is -2.61. The average Bonchev–Trinajstić information content (AvgIpc) is 3.18. The molecule has 2 aliphatic rings. The van der Waals surface area contributed by atoms with E-state index in [9.17, 15) is 27.2 Å². The second-order valence-corrected chi connectivity index (χ2v) is 11.6. The minimum Gasteiger partial charge on any atom is -0.444 e. The Bertz CT molecular complexity index is 1290. The molecule has 39 heavy (non-hydrogen) atoms. The largest absolute Gasteiger partial charge is 0.444 e. The zero-order chi connectivity index (χ0) is 28.9. The van der Waals surface area contributed by atoms with Gasteiger partial charge in [0.05, 0.1) is 35.7 Å². The fourth-order valence-corrected chi connectivity index (χ4v) is 5.50.